The molecule has 0 saturated carbocycles. The van der Waals surface area contributed by atoms with Crippen molar-refractivity contribution in [3.8, 4) is 0 Å². The Labute approximate surface area is 76.4 Å². The lowest BCUT2D eigenvalue weighted by Gasteiger charge is -2.23. The number of carboxylic acids is 1. The van der Waals surface area contributed by atoms with Crippen LogP contribution in [0.25, 0.3) is 0 Å². The third kappa shape index (κ3) is 2.78. The fourth-order valence-electron chi connectivity index (χ4n) is 0.841. The number of halogens is 1. The smallest absolute Gasteiger partial charge is 0.330 e. The van der Waals surface area contributed by atoms with Gasteiger partial charge in [-0.2, -0.15) is 0 Å². The average molecular weight is 190 g/mol. The van der Waals surface area contributed by atoms with Gasteiger partial charge in [0.2, 0.25) is 0 Å². The molecule has 0 fully saturated rings. The van der Waals surface area contributed by atoms with E-state index >= 15 is 0 Å². The van der Waals surface area contributed by atoms with E-state index in [-0.39, 0.29) is 5.57 Å². The van der Waals surface area contributed by atoms with Gasteiger partial charge >= 0.3 is 5.97 Å². The van der Waals surface area contributed by atoms with Crippen molar-refractivity contribution >= 4 is 5.97 Å². The van der Waals surface area contributed by atoms with Crippen molar-refractivity contribution in [1.82, 2.24) is 0 Å². The van der Waals surface area contributed by atoms with Crippen LogP contribution in [0.1, 0.15) is 12.8 Å². The highest BCUT2D eigenvalue weighted by molar-refractivity contribution is 5.82. The van der Waals surface area contributed by atoms with Crippen LogP contribution in [0.2, 0.25) is 0 Å². The lowest BCUT2D eigenvalue weighted by molar-refractivity contribution is -0.142. The van der Waals surface area contributed by atoms with Crippen LogP contribution in [0.4, 0.5) is 4.39 Å². The van der Waals surface area contributed by atoms with Crippen molar-refractivity contribution in [2.75, 3.05) is 13.2 Å². The Morgan fingerprint density at radius 2 is 2.15 bits per heavy atom. The Morgan fingerprint density at radius 1 is 1.62 bits per heavy atom. The summed E-state index contributed by atoms with van der Waals surface area (Å²) in [5, 5.41) is 8.65. The number of carboxylic acid groups (broad SMARTS) is 1. The van der Waals surface area contributed by atoms with E-state index in [4.69, 9.17) is 16.6 Å². The first-order chi connectivity index (χ1) is 5.99. The third-order valence-corrected chi connectivity index (χ3v) is 1.91. The van der Waals surface area contributed by atoms with Crippen molar-refractivity contribution in [3.63, 3.8) is 0 Å². The summed E-state index contributed by atoms with van der Waals surface area (Å²) in [5.74, 6) is -1.39. The predicted molar refractivity (Wildman–Crippen MR) is 48.0 cm³/mol. The molecular weight excluding hydrogens is 175 g/mol. The van der Waals surface area contributed by atoms with Crippen molar-refractivity contribution in [2.45, 2.75) is 18.4 Å². The molecule has 0 spiro atoms. The van der Waals surface area contributed by atoms with E-state index in [1.165, 1.54) is 0 Å². The van der Waals surface area contributed by atoms with Gasteiger partial charge in [-0.3, -0.25) is 0 Å². The zero-order chi connectivity index (χ0) is 10.5. The van der Waals surface area contributed by atoms with Gasteiger partial charge in [-0.25, -0.2) is 9.18 Å². The van der Waals surface area contributed by atoms with E-state index in [1.54, 1.807) is 0 Å². The fraction of sp³-hybridized carbons (Fsp3) is 0.625. The minimum absolute atomic E-state index is 0.174. The van der Waals surface area contributed by atoms with Crippen LogP contribution < -0.4 is 11.5 Å². The van der Waals surface area contributed by atoms with Gasteiger partial charge in [0.25, 0.3) is 0 Å². The quantitative estimate of drug-likeness (QED) is 0.515. The molecule has 0 aliphatic carbocycles. The molecule has 0 aliphatic heterocycles. The molecule has 0 aliphatic rings. The average Bonchev–Trinajstić information content (AvgIpc) is 2.12. The minimum Gasteiger partial charge on any atom is -0.480 e. The molecule has 13 heavy (non-hydrogen) atoms. The second-order valence-corrected chi connectivity index (χ2v) is 2.91. The molecule has 0 amide bonds. The van der Waals surface area contributed by atoms with Crippen LogP contribution in [-0.4, -0.2) is 29.8 Å². The van der Waals surface area contributed by atoms with Crippen LogP contribution in [0.5, 0.6) is 0 Å². The molecule has 0 radical (unpaired) electrons. The summed E-state index contributed by atoms with van der Waals surface area (Å²) in [5.41, 5.74) is 8.75. The highest BCUT2D eigenvalue weighted by atomic mass is 19.1. The second-order valence-electron chi connectivity index (χ2n) is 2.91. The maximum Gasteiger partial charge on any atom is 0.330 e. The molecule has 4 nitrogen and oxygen atoms in total. The Kier molecular flexibility index (Phi) is 4.58. The zero-order valence-corrected chi connectivity index (χ0v) is 7.42. The zero-order valence-electron chi connectivity index (χ0n) is 7.42. The van der Waals surface area contributed by atoms with Crippen LogP contribution in [0.15, 0.2) is 12.2 Å². The molecular formula is C8H15FN2O2. The van der Waals surface area contributed by atoms with Crippen LogP contribution in [-0.2, 0) is 4.79 Å². The van der Waals surface area contributed by atoms with Crippen molar-refractivity contribution < 1.29 is 14.3 Å². The second kappa shape index (κ2) is 4.94. The highest BCUT2D eigenvalue weighted by Crippen LogP contribution is 2.18. The minimum atomic E-state index is -1.95. The van der Waals surface area contributed by atoms with Gasteiger partial charge in [-0.05, 0) is 25.0 Å². The lowest BCUT2D eigenvalue weighted by Crippen LogP contribution is -2.51. The van der Waals surface area contributed by atoms with Crippen LogP contribution >= 0.6 is 0 Å². The number of carbonyl (C=O) groups is 1. The van der Waals surface area contributed by atoms with Gasteiger partial charge in [0.15, 0.2) is 5.54 Å². The Bertz CT molecular complexity index is 208. The van der Waals surface area contributed by atoms with E-state index in [0.717, 1.165) is 0 Å². The van der Waals surface area contributed by atoms with Gasteiger partial charge in [0.05, 0.1) is 0 Å². The first kappa shape index (κ1) is 12.1. The maximum atomic E-state index is 12.4. The summed E-state index contributed by atoms with van der Waals surface area (Å²) < 4.78 is 12.4. The van der Waals surface area contributed by atoms with Gasteiger partial charge in [0.1, 0.15) is 6.67 Å². The Hall–Kier alpha value is -0.940. The van der Waals surface area contributed by atoms with Gasteiger partial charge in [-0.15, -0.1) is 0 Å². The molecule has 0 aromatic carbocycles. The summed E-state index contributed by atoms with van der Waals surface area (Å²) in [6.45, 7) is 2.71. The van der Waals surface area contributed by atoms with Gasteiger partial charge in [-0.1, -0.05) is 6.58 Å². The Balaban J connectivity index is 4.39. The predicted octanol–water partition coefficient (Wildman–Crippen LogP) is 0.0331. The van der Waals surface area contributed by atoms with Crippen molar-refractivity contribution in [2.24, 2.45) is 11.5 Å². The summed E-state index contributed by atoms with van der Waals surface area (Å²) in [4.78, 5) is 10.6. The normalized spacial score (nSPS) is 15.0. The van der Waals surface area contributed by atoms with Crippen molar-refractivity contribution in [3.05, 3.63) is 12.2 Å². The number of hydrogen-bond acceptors (Lipinski definition) is 3. The van der Waals surface area contributed by atoms with Gasteiger partial charge in [0, 0.05) is 0 Å². The molecule has 0 aromatic heterocycles. The topological polar surface area (TPSA) is 89.3 Å². The molecule has 1 unspecified atom stereocenters. The molecule has 0 aromatic rings. The van der Waals surface area contributed by atoms with E-state index < -0.39 is 18.2 Å². The standard InChI is InChI=1S/C8H15FN2O2/c1-6(3-2-4-10)8(11,5-9)7(12)13/h1-5,10-11H2,(H,12,13). The number of hydrogen-bond donors (Lipinski definition) is 3. The first-order valence-electron chi connectivity index (χ1n) is 3.95. The highest BCUT2D eigenvalue weighted by Gasteiger charge is 2.36. The largest absolute Gasteiger partial charge is 0.480 e. The maximum absolute atomic E-state index is 12.4. The molecule has 5 heteroatoms. The van der Waals surface area contributed by atoms with E-state index in [0.29, 0.717) is 19.4 Å². The summed E-state index contributed by atoms with van der Waals surface area (Å²) >= 11 is 0. The first-order valence-corrected chi connectivity index (χ1v) is 3.95. The molecule has 5 N–H and O–H groups in total. The number of aliphatic carboxylic acids is 1. The molecule has 0 heterocycles. The van der Waals surface area contributed by atoms with Crippen LogP contribution in [0.3, 0.4) is 0 Å². The summed E-state index contributed by atoms with van der Waals surface area (Å²) in [6, 6.07) is 0. The monoisotopic (exact) mass is 190 g/mol. The summed E-state index contributed by atoms with van der Waals surface area (Å²) in [7, 11) is 0. The third-order valence-electron chi connectivity index (χ3n) is 1.91. The number of alkyl halides is 1. The van der Waals surface area contributed by atoms with E-state index in [1.807, 2.05) is 0 Å². The fourth-order valence-corrected chi connectivity index (χ4v) is 0.841. The van der Waals surface area contributed by atoms with Crippen molar-refractivity contribution in [1.29, 1.82) is 0 Å². The van der Waals surface area contributed by atoms with Crippen LogP contribution in [0, 0.1) is 0 Å². The number of rotatable bonds is 6. The van der Waals surface area contributed by atoms with E-state index in [9.17, 15) is 9.18 Å². The summed E-state index contributed by atoms with van der Waals surface area (Å²) in [6.07, 6.45) is 0.897. The van der Waals surface area contributed by atoms with Gasteiger partial charge < -0.3 is 16.6 Å². The SMILES string of the molecule is C=C(CCCN)C(N)(CF)C(=O)O. The van der Waals surface area contributed by atoms with E-state index in [2.05, 4.69) is 6.58 Å². The number of nitrogens with two attached hydrogens (primary N) is 2. The molecule has 1 atom stereocenters. The molecule has 0 saturated heterocycles. The lowest BCUT2D eigenvalue weighted by atomic mass is 9.90. The molecule has 0 rings (SSSR count). The molecule has 0 bridgehead atoms. The molecule has 76 valence electrons. The Morgan fingerprint density at radius 3 is 2.46 bits per heavy atom.